The van der Waals surface area contributed by atoms with E-state index in [1.54, 1.807) is 6.07 Å². The molecule has 3 rings (SSSR count). The van der Waals surface area contributed by atoms with Crippen LogP contribution < -0.4 is 0 Å². The van der Waals surface area contributed by atoms with E-state index >= 15 is 0 Å². The van der Waals surface area contributed by atoms with Crippen LogP contribution in [0.15, 0.2) is 35.3 Å². The number of aliphatic imine (C=N–C) groups is 1. The van der Waals surface area contributed by atoms with Gasteiger partial charge in [-0.15, -0.1) is 0 Å². The maximum atomic E-state index is 14.5. The van der Waals surface area contributed by atoms with Crippen molar-refractivity contribution in [2.75, 3.05) is 0 Å². The molecule has 0 radical (unpaired) electrons. The van der Waals surface area contributed by atoms with Crippen molar-refractivity contribution in [3.05, 3.63) is 64.5 Å². The zero-order chi connectivity index (χ0) is 23.6. The molecular weight excluding hydrogens is 439 g/mol. The molecule has 1 nitrogen and oxygen atoms in total. The van der Waals surface area contributed by atoms with Crippen LogP contribution in [0, 0.1) is 53.0 Å². The van der Waals surface area contributed by atoms with E-state index in [0.29, 0.717) is 11.5 Å². The Balaban J connectivity index is 1.63. The number of nitrogens with zero attached hydrogens (tertiary/aromatic N) is 1. The zero-order valence-corrected chi connectivity index (χ0v) is 19.5. The summed E-state index contributed by atoms with van der Waals surface area (Å²) in [7, 11) is 0. The average molecular weight is 466 g/mol. The van der Waals surface area contributed by atoms with E-state index < -0.39 is 23.1 Å². The summed E-state index contributed by atoms with van der Waals surface area (Å²) >= 11 is 4.37. The lowest BCUT2D eigenvalue weighted by molar-refractivity contribution is 0.294. The Morgan fingerprint density at radius 1 is 0.879 bits per heavy atom. The third-order valence-corrected chi connectivity index (χ3v) is 6.06. The monoisotopic (exact) mass is 465 g/mol. The van der Waals surface area contributed by atoms with Crippen molar-refractivity contribution in [3.63, 3.8) is 0 Å². The molecule has 33 heavy (non-hydrogen) atoms. The minimum atomic E-state index is -0.905. The number of isothiocyanates is 1. The number of hydrogen-bond acceptors (Lipinski definition) is 2. The third kappa shape index (κ3) is 7.33. The Morgan fingerprint density at radius 2 is 1.58 bits per heavy atom. The Labute approximate surface area is 199 Å². The molecule has 1 saturated carbocycles. The van der Waals surface area contributed by atoms with Gasteiger partial charge in [0.1, 0.15) is 11.5 Å². The fourth-order valence-corrected chi connectivity index (χ4v) is 4.18. The highest BCUT2D eigenvalue weighted by atomic mass is 32.1. The Bertz CT molecular complexity index is 1130. The van der Waals surface area contributed by atoms with Crippen molar-refractivity contribution in [2.45, 2.75) is 58.3 Å². The summed E-state index contributed by atoms with van der Waals surface area (Å²) in [6.45, 7) is 2.23. The van der Waals surface area contributed by atoms with Crippen LogP contribution in [0.25, 0.3) is 0 Å². The van der Waals surface area contributed by atoms with E-state index in [4.69, 9.17) is 0 Å². The van der Waals surface area contributed by atoms with E-state index in [1.807, 2.05) is 5.16 Å². The van der Waals surface area contributed by atoms with E-state index in [1.165, 1.54) is 50.7 Å². The van der Waals surface area contributed by atoms with E-state index in [2.05, 4.69) is 47.8 Å². The molecule has 1 aliphatic carbocycles. The quantitative estimate of drug-likeness (QED) is 0.189. The summed E-state index contributed by atoms with van der Waals surface area (Å²) in [6, 6.07) is 6.66. The summed E-state index contributed by atoms with van der Waals surface area (Å²) in [5, 5.41) is 1.93. The lowest BCUT2D eigenvalue weighted by Gasteiger charge is -2.25. The highest BCUT2D eigenvalue weighted by Crippen LogP contribution is 2.31. The van der Waals surface area contributed by atoms with Gasteiger partial charge in [-0.2, -0.15) is 4.99 Å². The Morgan fingerprint density at radius 3 is 2.21 bits per heavy atom. The predicted molar refractivity (Wildman–Crippen MR) is 130 cm³/mol. The van der Waals surface area contributed by atoms with E-state index in [0.717, 1.165) is 30.9 Å². The first-order valence-electron chi connectivity index (χ1n) is 11.4. The fraction of sp³-hybridized carbons (Fsp3) is 0.393. The molecule has 0 bridgehead atoms. The zero-order valence-electron chi connectivity index (χ0n) is 18.7. The number of hydrogen-bond donors (Lipinski definition) is 0. The van der Waals surface area contributed by atoms with Crippen LogP contribution in [-0.4, -0.2) is 5.16 Å². The number of rotatable bonds is 5. The molecule has 0 aliphatic heterocycles. The molecule has 0 N–H and O–H groups in total. The molecular formula is C28H26F3NS. The number of unbranched alkanes of at least 4 members (excludes halogenated alkanes) is 2. The maximum Gasteiger partial charge on any atom is 0.153 e. The van der Waals surface area contributed by atoms with Crippen LogP contribution >= 0.6 is 12.2 Å². The topological polar surface area (TPSA) is 12.4 Å². The van der Waals surface area contributed by atoms with Gasteiger partial charge in [-0.3, -0.25) is 0 Å². The molecule has 0 heterocycles. The number of benzene rings is 2. The standard InChI is InChI=1S/C28H26F3NS/c1-2-3-4-5-20-6-8-21(9-7-20)10-11-22-12-14-24(25(29)16-22)15-13-23-17-26(30)28(32-19-33)27(31)18-23/h12,14,16-18,20-21H,2-9H2,1H3. The smallest absolute Gasteiger partial charge is 0.153 e. The molecule has 0 spiro atoms. The van der Waals surface area contributed by atoms with Gasteiger partial charge in [-0.1, -0.05) is 56.3 Å². The summed E-state index contributed by atoms with van der Waals surface area (Å²) in [5.74, 6) is 10.5. The van der Waals surface area contributed by atoms with Crippen LogP contribution in [0.2, 0.25) is 0 Å². The van der Waals surface area contributed by atoms with Crippen LogP contribution in [0.5, 0.6) is 0 Å². The van der Waals surface area contributed by atoms with Crippen molar-refractivity contribution in [1.82, 2.24) is 0 Å². The minimum Gasteiger partial charge on any atom is -0.206 e. The van der Waals surface area contributed by atoms with Gasteiger partial charge < -0.3 is 0 Å². The Hall–Kier alpha value is -2.85. The second-order valence-electron chi connectivity index (χ2n) is 8.42. The molecule has 0 amide bonds. The number of halogens is 3. The average Bonchev–Trinajstić information content (AvgIpc) is 2.80. The second kappa shape index (κ2) is 12.4. The lowest BCUT2D eigenvalue weighted by atomic mass is 9.80. The van der Waals surface area contributed by atoms with Crippen LogP contribution in [0.4, 0.5) is 18.9 Å². The molecule has 1 aliphatic rings. The number of thiocarbonyl (C=S) groups is 1. The van der Waals surface area contributed by atoms with Crippen LogP contribution in [-0.2, 0) is 0 Å². The summed E-state index contributed by atoms with van der Waals surface area (Å²) in [6.07, 6.45) is 9.90. The van der Waals surface area contributed by atoms with Gasteiger partial charge in [0.25, 0.3) is 0 Å². The molecule has 170 valence electrons. The third-order valence-electron chi connectivity index (χ3n) is 5.97. The molecule has 1 fully saturated rings. The minimum absolute atomic E-state index is 0.0712. The van der Waals surface area contributed by atoms with Gasteiger partial charge in [0.05, 0.1) is 10.7 Å². The summed E-state index contributed by atoms with van der Waals surface area (Å²) in [5.41, 5.74) is 0.286. The van der Waals surface area contributed by atoms with Crippen LogP contribution in [0.3, 0.4) is 0 Å². The van der Waals surface area contributed by atoms with Crippen molar-refractivity contribution in [2.24, 2.45) is 16.8 Å². The lowest BCUT2D eigenvalue weighted by Crippen LogP contribution is -2.13. The van der Waals surface area contributed by atoms with Crippen molar-refractivity contribution >= 4 is 23.1 Å². The maximum absolute atomic E-state index is 14.5. The highest BCUT2D eigenvalue weighted by Gasteiger charge is 2.19. The molecule has 2 aromatic carbocycles. The van der Waals surface area contributed by atoms with Gasteiger partial charge >= 0.3 is 0 Å². The van der Waals surface area contributed by atoms with Gasteiger partial charge in [-0.05, 0) is 74.2 Å². The molecule has 2 aromatic rings. The van der Waals surface area contributed by atoms with Gasteiger partial charge in [-0.25, -0.2) is 13.2 Å². The molecule has 0 atom stereocenters. The van der Waals surface area contributed by atoms with Crippen LogP contribution in [0.1, 0.15) is 75.0 Å². The van der Waals surface area contributed by atoms with E-state index in [-0.39, 0.29) is 11.1 Å². The Kier molecular flexibility index (Phi) is 9.32. The molecule has 0 unspecified atom stereocenters. The molecule has 0 saturated heterocycles. The van der Waals surface area contributed by atoms with E-state index in [9.17, 15) is 13.2 Å². The molecule has 0 aromatic heterocycles. The molecule has 5 heteroatoms. The van der Waals surface area contributed by atoms with Gasteiger partial charge in [0.15, 0.2) is 11.6 Å². The first kappa shape index (κ1) is 24.8. The summed E-state index contributed by atoms with van der Waals surface area (Å²) < 4.78 is 42.3. The van der Waals surface area contributed by atoms with Crippen molar-refractivity contribution < 1.29 is 13.2 Å². The second-order valence-corrected chi connectivity index (χ2v) is 8.60. The fourth-order valence-electron chi connectivity index (χ4n) is 4.09. The normalized spacial score (nSPS) is 17.2. The van der Waals surface area contributed by atoms with Crippen molar-refractivity contribution in [1.29, 1.82) is 0 Å². The summed E-state index contributed by atoms with van der Waals surface area (Å²) in [4.78, 5) is 3.35. The predicted octanol–water partition coefficient (Wildman–Crippen LogP) is 7.98. The first-order valence-corrected chi connectivity index (χ1v) is 11.8. The van der Waals surface area contributed by atoms with Gasteiger partial charge in [0.2, 0.25) is 0 Å². The highest BCUT2D eigenvalue weighted by molar-refractivity contribution is 7.78. The largest absolute Gasteiger partial charge is 0.206 e. The van der Waals surface area contributed by atoms with Gasteiger partial charge in [0, 0.05) is 17.0 Å². The first-order chi connectivity index (χ1) is 16.0. The van der Waals surface area contributed by atoms with Crippen molar-refractivity contribution in [3.8, 4) is 23.7 Å². The SMILES string of the molecule is CCCCCC1CCC(C#Cc2ccc(C#Cc3cc(F)c(N=C=S)c(F)c3)c(F)c2)CC1.